The molecule has 0 radical (unpaired) electrons. The fourth-order valence-corrected chi connectivity index (χ4v) is 5.41. The highest BCUT2D eigenvalue weighted by molar-refractivity contribution is 5.88. The van der Waals surface area contributed by atoms with Gasteiger partial charge >= 0.3 is 0 Å². The van der Waals surface area contributed by atoms with Crippen LogP contribution in [0.25, 0.3) is 10.9 Å². The fourth-order valence-electron chi connectivity index (χ4n) is 5.41. The third kappa shape index (κ3) is 5.72. The summed E-state index contributed by atoms with van der Waals surface area (Å²) in [5.41, 5.74) is 5.88. The average Bonchev–Trinajstić information content (AvgIpc) is 3.39. The van der Waals surface area contributed by atoms with Gasteiger partial charge in [-0.05, 0) is 47.4 Å². The van der Waals surface area contributed by atoms with E-state index in [1.807, 2.05) is 35.2 Å². The van der Waals surface area contributed by atoms with Gasteiger partial charge in [-0.3, -0.25) is 4.79 Å². The van der Waals surface area contributed by atoms with Crippen molar-refractivity contribution in [3.05, 3.63) is 101 Å². The summed E-state index contributed by atoms with van der Waals surface area (Å²) in [6.07, 6.45) is 3.51. The Labute approximate surface area is 220 Å². The lowest BCUT2D eigenvalue weighted by Crippen LogP contribution is -2.48. The molecule has 1 N–H and O–H groups in total. The molecule has 1 atom stereocenters. The van der Waals surface area contributed by atoms with Gasteiger partial charge in [0, 0.05) is 55.6 Å². The molecule has 5 heteroatoms. The van der Waals surface area contributed by atoms with E-state index >= 15 is 0 Å². The van der Waals surface area contributed by atoms with Gasteiger partial charge in [0.2, 0.25) is 5.91 Å². The lowest BCUT2D eigenvalue weighted by atomic mass is 9.87. The number of amides is 1. The van der Waals surface area contributed by atoms with E-state index in [-0.39, 0.29) is 11.8 Å². The summed E-state index contributed by atoms with van der Waals surface area (Å²) in [5.74, 6) is 0.986. The highest BCUT2D eigenvalue weighted by Gasteiger charge is 2.27. The molecule has 0 aliphatic carbocycles. The Morgan fingerprint density at radius 2 is 1.73 bits per heavy atom. The number of piperazine rings is 1. The molecule has 1 saturated heterocycles. The van der Waals surface area contributed by atoms with Crippen molar-refractivity contribution in [3.8, 4) is 5.75 Å². The third-order valence-corrected chi connectivity index (χ3v) is 7.65. The van der Waals surface area contributed by atoms with E-state index < -0.39 is 0 Å². The first-order valence-corrected chi connectivity index (χ1v) is 13.5. The van der Waals surface area contributed by atoms with E-state index in [4.69, 9.17) is 4.74 Å². The number of hydrogen-bond acceptors (Lipinski definition) is 3. The molecule has 1 aromatic heterocycles. The minimum Gasteiger partial charge on any atom is -0.489 e. The van der Waals surface area contributed by atoms with Crippen LogP contribution in [0.4, 0.5) is 0 Å². The van der Waals surface area contributed by atoms with Crippen molar-refractivity contribution in [1.82, 2.24) is 14.8 Å². The van der Waals surface area contributed by atoms with Crippen LogP contribution in [0, 0.1) is 0 Å². The zero-order chi connectivity index (χ0) is 25.6. The number of H-pyrrole nitrogens is 1. The van der Waals surface area contributed by atoms with E-state index in [0.717, 1.165) is 56.0 Å². The molecule has 0 bridgehead atoms. The second-order valence-electron chi connectivity index (χ2n) is 9.86. The van der Waals surface area contributed by atoms with Crippen LogP contribution in [-0.2, 0) is 17.8 Å². The Kier molecular flexibility index (Phi) is 7.90. The molecule has 37 heavy (non-hydrogen) atoms. The number of carbonyl (C=O) groups excluding carboxylic acids is 1. The quantitative estimate of drug-likeness (QED) is 0.310. The van der Waals surface area contributed by atoms with E-state index in [9.17, 15) is 4.79 Å². The van der Waals surface area contributed by atoms with Crippen LogP contribution >= 0.6 is 0 Å². The molecule has 5 nitrogen and oxygen atoms in total. The van der Waals surface area contributed by atoms with E-state index in [2.05, 4.69) is 72.4 Å². The summed E-state index contributed by atoms with van der Waals surface area (Å²) in [6, 6.07) is 25.0. The number of carbonyl (C=O) groups is 1. The number of ether oxygens (including phenoxy) is 1. The number of nitrogens with zero attached hydrogens (tertiary/aromatic N) is 2. The first-order valence-electron chi connectivity index (χ1n) is 13.5. The van der Waals surface area contributed by atoms with Crippen molar-refractivity contribution in [3.63, 3.8) is 0 Å². The Morgan fingerprint density at radius 3 is 2.49 bits per heavy atom. The van der Waals surface area contributed by atoms with Crippen molar-refractivity contribution >= 4 is 16.8 Å². The number of likely N-dealkylation sites (N-methyl/N-ethyl adjacent to an activating group) is 1. The van der Waals surface area contributed by atoms with Gasteiger partial charge in [-0.25, -0.2) is 0 Å². The molecule has 1 aliphatic rings. The van der Waals surface area contributed by atoms with Crippen molar-refractivity contribution in [1.29, 1.82) is 0 Å². The lowest BCUT2D eigenvalue weighted by molar-refractivity contribution is -0.133. The minimum atomic E-state index is -0.0576. The van der Waals surface area contributed by atoms with Crippen LogP contribution in [-0.4, -0.2) is 53.4 Å². The smallest absolute Gasteiger partial charge is 0.223 e. The summed E-state index contributed by atoms with van der Waals surface area (Å²) < 4.78 is 6.16. The van der Waals surface area contributed by atoms with Gasteiger partial charge in [0.15, 0.2) is 0 Å². The molecule has 5 rings (SSSR count). The molecule has 4 aromatic rings. The van der Waals surface area contributed by atoms with Crippen molar-refractivity contribution < 1.29 is 9.53 Å². The minimum absolute atomic E-state index is 0.0576. The Morgan fingerprint density at radius 1 is 0.946 bits per heavy atom. The number of benzene rings is 3. The van der Waals surface area contributed by atoms with Crippen LogP contribution in [0.5, 0.6) is 5.75 Å². The van der Waals surface area contributed by atoms with E-state index in [0.29, 0.717) is 13.0 Å². The SMILES string of the molecule is CCc1cccc2c([C@H](CC(=O)N3CCN(CC)CC3)c3cccc(OCc4ccccc4)c3)c[nH]c12. The maximum Gasteiger partial charge on any atom is 0.223 e. The summed E-state index contributed by atoms with van der Waals surface area (Å²) in [6.45, 7) is 9.41. The van der Waals surface area contributed by atoms with Crippen molar-refractivity contribution in [2.24, 2.45) is 0 Å². The monoisotopic (exact) mass is 495 g/mol. The number of aryl methyl sites for hydroxylation is 1. The molecule has 1 aliphatic heterocycles. The van der Waals surface area contributed by atoms with Gasteiger partial charge in [0.25, 0.3) is 0 Å². The van der Waals surface area contributed by atoms with Crippen molar-refractivity contribution in [2.45, 2.75) is 39.2 Å². The van der Waals surface area contributed by atoms with Gasteiger partial charge in [0.1, 0.15) is 12.4 Å². The molecule has 2 heterocycles. The van der Waals surface area contributed by atoms with Gasteiger partial charge in [-0.1, -0.05) is 74.5 Å². The Balaban J connectivity index is 1.44. The largest absolute Gasteiger partial charge is 0.489 e. The average molecular weight is 496 g/mol. The number of nitrogens with one attached hydrogen (secondary N) is 1. The summed E-state index contributed by atoms with van der Waals surface area (Å²) in [7, 11) is 0. The first kappa shape index (κ1) is 25.1. The van der Waals surface area contributed by atoms with Crippen LogP contribution < -0.4 is 4.74 Å². The van der Waals surface area contributed by atoms with Crippen LogP contribution in [0.15, 0.2) is 79.0 Å². The number of para-hydroxylation sites is 1. The third-order valence-electron chi connectivity index (χ3n) is 7.65. The van der Waals surface area contributed by atoms with Gasteiger partial charge in [-0.15, -0.1) is 0 Å². The lowest BCUT2D eigenvalue weighted by Gasteiger charge is -2.35. The van der Waals surface area contributed by atoms with Gasteiger partial charge in [-0.2, -0.15) is 0 Å². The zero-order valence-electron chi connectivity index (χ0n) is 22.0. The van der Waals surface area contributed by atoms with Crippen LogP contribution in [0.1, 0.15) is 48.4 Å². The highest BCUT2D eigenvalue weighted by Crippen LogP contribution is 2.36. The fraction of sp³-hybridized carbons (Fsp3) is 0.344. The summed E-state index contributed by atoms with van der Waals surface area (Å²) in [4.78, 5) is 21.6. The number of rotatable bonds is 9. The maximum atomic E-state index is 13.6. The second kappa shape index (κ2) is 11.7. The standard InChI is InChI=1S/C32H37N3O2/c1-3-25-12-9-15-28-30(22-33-32(25)28)29(21-31(36)35-18-16-34(4-2)17-19-35)26-13-8-14-27(20-26)37-23-24-10-6-5-7-11-24/h5-15,20,22,29,33H,3-4,16-19,21,23H2,1-2H3/t29-/m1/s1. The molecular weight excluding hydrogens is 458 g/mol. The second-order valence-corrected chi connectivity index (χ2v) is 9.86. The molecule has 0 spiro atoms. The molecule has 1 fully saturated rings. The predicted molar refractivity (Wildman–Crippen MR) is 150 cm³/mol. The van der Waals surface area contributed by atoms with E-state index in [1.165, 1.54) is 22.0 Å². The molecule has 3 aromatic carbocycles. The van der Waals surface area contributed by atoms with E-state index in [1.54, 1.807) is 0 Å². The van der Waals surface area contributed by atoms with Gasteiger partial charge in [0.05, 0.1) is 0 Å². The van der Waals surface area contributed by atoms with Gasteiger partial charge < -0.3 is 19.5 Å². The summed E-state index contributed by atoms with van der Waals surface area (Å²) >= 11 is 0. The van der Waals surface area contributed by atoms with Crippen LogP contribution in [0.3, 0.4) is 0 Å². The highest BCUT2D eigenvalue weighted by atomic mass is 16.5. The molecule has 1 amide bonds. The number of aromatic nitrogens is 1. The Bertz CT molecular complexity index is 1320. The molecule has 192 valence electrons. The van der Waals surface area contributed by atoms with Crippen LogP contribution in [0.2, 0.25) is 0 Å². The zero-order valence-corrected chi connectivity index (χ0v) is 22.0. The number of hydrogen-bond donors (Lipinski definition) is 1. The number of fused-ring (bicyclic) bond motifs is 1. The van der Waals surface area contributed by atoms with Crippen molar-refractivity contribution in [2.75, 3.05) is 32.7 Å². The topological polar surface area (TPSA) is 48.6 Å². The first-order chi connectivity index (χ1) is 18.2. The predicted octanol–water partition coefficient (Wildman–Crippen LogP) is 6.00. The number of aromatic amines is 1. The molecule has 0 saturated carbocycles. The normalized spacial score (nSPS) is 15.1. The summed E-state index contributed by atoms with van der Waals surface area (Å²) in [5, 5.41) is 1.20. The maximum absolute atomic E-state index is 13.6. The Hall–Kier alpha value is -3.57. The molecular formula is C32H37N3O2. The molecule has 0 unspecified atom stereocenters.